The van der Waals surface area contributed by atoms with Crippen molar-refractivity contribution in [2.24, 2.45) is 17.3 Å². The Morgan fingerprint density at radius 2 is 1.64 bits per heavy atom. The molecule has 3 aliphatic rings. The number of hydrogen-bond donors (Lipinski definition) is 1. The van der Waals surface area contributed by atoms with Gasteiger partial charge in [-0.05, 0) is 89.3 Å². The highest BCUT2D eigenvalue weighted by Gasteiger charge is 2.63. The molecule has 39 heavy (non-hydrogen) atoms. The van der Waals surface area contributed by atoms with Crippen LogP contribution in [0.2, 0.25) is 0 Å². The van der Waals surface area contributed by atoms with Gasteiger partial charge in [0.1, 0.15) is 12.4 Å². The molecule has 0 saturated heterocycles. The van der Waals surface area contributed by atoms with E-state index in [4.69, 9.17) is 9.47 Å². The molecule has 3 aromatic carbocycles. The molecule has 1 N–H and O–H groups in total. The van der Waals surface area contributed by atoms with Crippen molar-refractivity contribution in [2.75, 3.05) is 0 Å². The van der Waals surface area contributed by atoms with Crippen LogP contribution in [0.4, 0.5) is 0 Å². The van der Waals surface area contributed by atoms with Crippen molar-refractivity contribution >= 4 is 0 Å². The van der Waals surface area contributed by atoms with Crippen molar-refractivity contribution in [3.63, 3.8) is 0 Å². The van der Waals surface area contributed by atoms with Gasteiger partial charge in [-0.25, -0.2) is 0 Å². The van der Waals surface area contributed by atoms with Gasteiger partial charge in [0.2, 0.25) is 0 Å². The van der Waals surface area contributed by atoms with E-state index < -0.39 is 5.60 Å². The molecule has 3 nitrogen and oxygen atoms in total. The second-order valence-corrected chi connectivity index (χ2v) is 12.1. The summed E-state index contributed by atoms with van der Waals surface area (Å²) in [6, 6.07) is 27.2. The molecule has 0 heterocycles. The van der Waals surface area contributed by atoms with Crippen LogP contribution in [-0.2, 0) is 24.4 Å². The molecule has 3 aliphatic carbocycles. The van der Waals surface area contributed by atoms with Gasteiger partial charge in [0.05, 0.1) is 18.3 Å². The van der Waals surface area contributed by atoms with Gasteiger partial charge >= 0.3 is 0 Å². The zero-order chi connectivity index (χ0) is 27.0. The van der Waals surface area contributed by atoms with Gasteiger partial charge in [-0.1, -0.05) is 92.9 Å². The molecule has 2 fully saturated rings. The Morgan fingerprint density at radius 3 is 2.33 bits per heavy atom. The van der Waals surface area contributed by atoms with Crippen LogP contribution in [0.15, 0.2) is 104 Å². The molecule has 0 amide bonds. The molecule has 0 radical (unpaired) electrons. The van der Waals surface area contributed by atoms with Crippen molar-refractivity contribution in [1.29, 1.82) is 0 Å². The second kappa shape index (κ2) is 10.4. The van der Waals surface area contributed by atoms with Gasteiger partial charge in [0, 0.05) is 5.92 Å². The topological polar surface area (TPSA) is 38.7 Å². The van der Waals surface area contributed by atoms with Gasteiger partial charge in [-0.3, -0.25) is 0 Å². The number of aliphatic hydroxyl groups is 1. The maximum atomic E-state index is 12.6. The van der Waals surface area contributed by atoms with E-state index in [0.717, 1.165) is 42.6 Å². The van der Waals surface area contributed by atoms with Crippen LogP contribution >= 0.6 is 0 Å². The Bertz CT molecular complexity index is 1330. The van der Waals surface area contributed by atoms with Crippen LogP contribution in [0.1, 0.15) is 60.8 Å². The van der Waals surface area contributed by atoms with E-state index in [1.807, 2.05) is 24.3 Å². The van der Waals surface area contributed by atoms with E-state index in [1.165, 1.54) is 16.7 Å². The quantitative estimate of drug-likeness (QED) is 0.308. The summed E-state index contributed by atoms with van der Waals surface area (Å²) >= 11 is 0. The summed E-state index contributed by atoms with van der Waals surface area (Å²) in [4.78, 5) is 0. The van der Waals surface area contributed by atoms with Gasteiger partial charge in [-0.2, -0.15) is 0 Å². The molecule has 6 atom stereocenters. The normalized spacial score (nSPS) is 31.0. The first-order valence-corrected chi connectivity index (χ1v) is 14.4. The first kappa shape index (κ1) is 26.1. The molecule has 6 rings (SSSR count). The lowest BCUT2D eigenvalue weighted by Crippen LogP contribution is -2.57. The third-order valence-electron chi connectivity index (χ3n) is 9.97. The van der Waals surface area contributed by atoms with Crippen LogP contribution in [0.25, 0.3) is 0 Å². The Morgan fingerprint density at radius 1 is 0.949 bits per heavy atom. The first-order valence-electron chi connectivity index (χ1n) is 14.4. The molecule has 2 saturated carbocycles. The zero-order valence-corrected chi connectivity index (χ0v) is 23.0. The van der Waals surface area contributed by atoms with Crippen molar-refractivity contribution in [2.45, 2.75) is 69.9 Å². The fourth-order valence-corrected chi connectivity index (χ4v) is 8.10. The predicted octanol–water partition coefficient (Wildman–Crippen LogP) is 7.79. The number of ether oxygens (including phenoxy) is 2. The molecular formula is C36H40O3. The molecule has 0 aliphatic heterocycles. The number of hydrogen-bond acceptors (Lipinski definition) is 3. The van der Waals surface area contributed by atoms with Crippen LogP contribution in [-0.4, -0.2) is 16.8 Å². The van der Waals surface area contributed by atoms with E-state index in [0.29, 0.717) is 31.5 Å². The van der Waals surface area contributed by atoms with Crippen molar-refractivity contribution in [1.82, 2.24) is 0 Å². The summed E-state index contributed by atoms with van der Waals surface area (Å²) < 4.78 is 12.8. The Labute approximate surface area is 233 Å². The van der Waals surface area contributed by atoms with Crippen LogP contribution in [0, 0.1) is 17.3 Å². The van der Waals surface area contributed by atoms with Gasteiger partial charge in [0.15, 0.2) is 0 Å². The summed E-state index contributed by atoms with van der Waals surface area (Å²) in [5.41, 5.74) is 4.44. The molecule has 3 heteroatoms. The average molecular weight is 521 g/mol. The smallest absolute Gasteiger partial charge is 0.120 e. The van der Waals surface area contributed by atoms with Crippen LogP contribution in [0.3, 0.4) is 0 Å². The second-order valence-electron chi connectivity index (χ2n) is 12.1. The monoisotopic (exact) mass is 520 g/mol. The van der Waals surface area contributed by atoms with Gasteiger partial charge in [-0.15, -0.1) is 0 Å². The van der Waals surface area contributed by atoms with Crippen molar-refractivity contribution in [3.8, 4) is 5.75 Å². The fraction of sp³-hybridized carbons (Fsp3) is 0.389. The Kier molecular flexibility index (Phi) is 6.99. The largest absolute Gasteiger partial charge is 0.489 e. The maximum Gasteiger partial charge on any atom is 0.120 e. The molecule has 0 aromatic heterocycles. The third-order valence-corrected chi connectivity index (χ3v) is 9.97. The molecule has 202 valence electrons. The summed E-state index contributed by atoms with van der Waals surface area (Å²) in [5, 5.41) is 12.6. The van der Waals surface area contributed by atoms with E-state index in [-0.39, 0.29) is 17.4 Å². The van der Waals surface area contributed by atoms with E-state index in [1.54, 1.807) is 6.08 Å². The lowest BCUT2D eigenvalue weighted by atomic mass is 9.49. The molecule has 0 bridgehead atoms. The SMILES string of the molecule is C=CC(=C)[C@]1(O)C[C@@]2(C)C(CC[C@@H]2OCc2ccccc2)C2CCc3cc(OCc4ccccc4)ccc3C21. The fourth-order valence-electron chi connectivity index (χ4n) is 8.10. The van der Waals surface area contributed by atoms with Crippen molar-refractivity contribution in [3.05, 3.63) is 126 Å². The van der Waals surface area contributed by atoms with E-state index in [2.05, 4.69) is 74.7 Å². The lowest BCUT2D eigenvalue weighted by molar-refractivity contribution is -0.136. The Hall–Kier alpha value is -3.14. The van der Waals surface area contributed by atoms with Crippen LogP contribution < -0.4 is 4.74 Å². The molecular weight excluding hydrogens is 480 g/mol. The third kappa shape index (κ3) is 4.66. The van der Waals surface area contributed by atoms with Crippen LogP contribution in [0.5, 0.6) is 5.75 Å². The number of aryl methyl sites for hydroxylation is 1. The summed E-state index contributed by atoms with van der Waals surface area (Å²) in [7, 11) is 0. The van der Waals surface area contributed by atoms with E-state index >= 15 is 0 Å². The highest BCUT2D eigenvalue weighted by atomic mass is 16.5. The van der Waals surface area contributed by atoms with Gasteiger partial charge < -0.3 is 14.6 Å². The number of fused-ring (bicyclic) bond motifs is 5. The summed E-state index contributed by atoms with van der Waals surface area (Å²) in [5.74, 6) is 1.77. The minimum absolute atomic E-state index is 0.000807. The summed E-state index contributed by atoms with van der Waals surface area (Å²) in [6.07, 6.45) is 6.75. The van der Waals surface area contributed by atoms with Crippen molar-refractivity contribution < 1.29 is 14.6 Å². The molecule has 3 aromatic rings. The Balaban J connectivity index is 1.28. The molecule has 3 unspecified atom stereocenters. The maximum absolute atomic E-state index is 12.6. The first-order chi connectivity index (χ1) is 18.9. The number of rotatable bonds is 8. The number of benzene rings is 3. The zero-order valence-electron chi connectivity index (χ0n) is 23.0. The minimum Gasteiger partial charge on any atom is -0.489 e. The average Bonchev–Trinajstić information content (AvgIpc) is 3.30. The lowest BCUT2D eigenvalue weighted by Gasteiger charge is -2.58. The summed E-state index contributed by atoms with van der Waals surface area (Å²) in [6.45, 7) is 11.9. The standard InChI is InChI=1S/C36H40O3/c1-4-25(2)36(37)24-35(3)32(19-20-33(35)39-23-27-13-9-6-10-14-27)31-17-15-28-21-29(16-18-30(28)34(31)36)38-22-26-11-7-5-8-12-26/h4-14,16,18,21,31-34,37H,1-2,15,17,19-20,22-24H2,3H3/t31?,32?,33-,34?,35-,36+/m0/s1. The predicted molar refractivity (Wildman–Crippen MR) is 157 cm³/mol. The van der Waals surface area contributed by atoms with Gasteiger partial charge in [0.25, 0.3) is 0 Å². The highest BCUT2D eigenvalue weighted by Crippen LogP contribution is 2.66. The minimum atomic E-state index is -1.06. The highest BCUT2D eigenvalue weighted by molar-refractivity contribution is 5.46. The van der Waals surface area contributed by atoms with E-state index in [9.17, 15) is 5.11 Å². The molecule has 0 spiro atoms.